The van der Waals surface area contributed by atoms with E-state index in [4.69, 9.17) is 4.74 Å². The van der Waals surface area contributed by atoms with Gasteiger partial charge < -0.3 is 20.3 Å². The van der Waals surface area contributed by atoms with Crippen LogP contribution in [0.15, 0.2) is 36.5 Å². The van der Waals surface area contributed by atoms with Crippen LogP contribution in [-0.2, 0) is 14.3 Å². The Morgan fingerprint density at radius 3 is 1.19 bits per heavy atom. The minimum atomic E-state index is -0.674. The van der Waals surface area contributed by atoms with Crippen molar-refractivity contribution < 1.29 is 24.5 Å². The zero-order valence-electron chi connectivity index (χ0n) is 45.6. The van der Waals surface area contributed by atoms with E-state index in [0.29, 0.717) is 25.9 Å². The van der Waals surface area contributed by atoms with Crippen molar-refractivity contribution in [2.45, 2.75) is 334 Å². The summed E-state index contributed by atoms with van der Waals surface area (Å²) >= 11 is 0. The van der Waals surface area contributed by atoms with Gasteiger partial charge in [0.25, 0.3) is 0 Å². The van der Waals surface area contributed by atoms with Crippen LogP contribution in [0.4, 0.5) is 0 Å². The maximum absolute atomic E-state index is 12.5. The molecule has 0 aromatic rings. The van der Waals surface area contributed by atoms with Crippen LogP contribution < -0.4 is 5.32 Å². The molecule has 0 heterocycles. The number of nitrogens with one attached hydrogen (secondary N) is 1. The number of carbonyl (C=O) groups excluding carboxylic acids is 2. The topological polar surface area (TPSA) is 95.9 Å². The van der Waals surface area contributed by atoms with Gasteiger partial charge in [-0.3, -0.25) is 9.59 Å². The van der Waals surface area contributed by atoms with Crippen LogP contribution in [0.2, 0.25) is 0 Å². The van der Waals surface area contributed by atoms with Crippen LogP contribution in [0.3, 0.4) is 0 Å². The van der Waals surface area contributed by atoms with Gasteiger partial charge in [-0.1, -0.05) is 269 Å². The molecule has 0 bridgehead atoms. The standard InChI is InChI=1S/C62H117NO5/c1-3-5-7-9-11-13-15-17-18-19-20-21-24-27-31-34-38-42-46-50-54-60(65)59(58-64)63-61(66)55-51-47-43-39-35-32-28-25-22-23-26-29-33-37-41-45-49-53-57-68-62(67)56-52-48-44-40-36-30-16-14-12-10-8-6-4-2/h8,10,14,16,25,28,59-60,64-65H,3-7,9,11-13,15,17-24,26-27,29-58H2,1-2H3,(H,63,66)/b10-8-,16-14-,28-25-. The Balaban J connectivity index is 3.46. The normalized spacial score (nSPS) is 12.8. The minimum absolute atomic E-state index is 0.0122. The first-order chi connectivity index (χ1) is 33.5. The summed E-state index contributed by atoms with van der Waals surface area (Å²) in [5, 5.41) is 23.3. The van der Waals surface area contributed by atoms with Crippen molar-refractivity contribution in [1.82, 2.24) is 5.32 Å². The van der Waals surface area contributed by atoms with E-state index in [-0.39, 0.29) is 18.5 Å². The van der Waals surface area contributed by atoms with Crippen molar-refractivity contribution in [1.29, 1.82) is 0 Å². The average molecular weight is 957 g/mol. The van der Waals surface area contributed by atoms with Gasteiger partial charge in [-0.2, -0.15) is 0 Å². The molecule has 68 heavy (non-hydrogen) atoms. The van der Waals surface area contributed by atoms with Crippen LogP contribution in [-0.4, -0.2) is 47.4 Å². The van der Waals surface area contributed by atoms with Crippen molar-refractivity contribution in [2.75, 3.05) is 13.2 Å². The highest BCUT2D eigenvalue weighted by Gasteiger charge is 2.20. The SMILES string of the molecule is CCC/C=C\C/C=C\CCCCCCCC(=O)OCCCCCCCCCCC/C=C\CCCCCCCC(=O)NC(CO)C(O)CCCCCCCCCCCCCCCCCCCCCC. The molecule has 1 amide bonds. The lowest BCUT2D eigenvalue weighted by Crippen LogP contribution is -2.45. The van der Waals surface area contributed by atoms with Crippen molar-refractivity contribution in [3.05, 3.63) is 36.5 Å². The van der Waals surface area contributed by atoms with Gasteiger partial charge in [0.2, 0.25) is 5.91 Å². The molecule has 0 aromatic carbocycles. The monoisotopic (exact) mass is 956 g/mol. The summed E-state index contributed by atoms with van der Waals surface area (Å²) in [6.45, 7) is 4.88. The number of ether oxygens (including phenoxy) is 1. The Morgan fingerprint density at radius 1 is 0.412 bits per heavy atom. The molecule has 0 aliphatic rings. The molecule has 3 N–H and O–H groups in total. The second-order valence-corrected chi connectivity index (χ2v) is 20.7. The van der Waals surface area contributed by atoms with E-state index in [1.165, 1.54) is 218 Å². The van der Waals surface area contributed by atoms with Crippen LogP contribution in [0.5, 0.6) is 0 Å². The first-order valence-electron chi connectivity index (χ1n) is 30.2. The minimum Gasteiger partial charge on any atom is -0.466 e. The molecule has 2 unspecified atom stereocenters. The zero-order valence-corrected chi connectivity index (χ0v) is 45.6. The summed E-state index contributed by atoms with van der Waals surface area (Å²) in [6, 6.07) is -0.553. The molecule has 6 heteroatoms. The Hall–Kier alpha value is -1.92. The first-order valence-corrected chi connectivity index (χ1v) is 30.2. The predicted molar refractivity (Wildman–Crippen MR) is 296 cm³/mol. The highest BCUT2D eigenvalue weighted by molar-refractivity contribution is 5.76. The quantitative estimate of drug-likeness (QED) is 0.0321. The molecule has 6 nitrogen and oxygen atoms in total. The van der Waals surface area contributed by atoms with Gasteiger partial charge in [0, 0.05) is 12.8 Å². The Bertz CT molecular complexity index is 1100. The lowest BCUT2D eigenvalue weighted by Gasteiger charge is -2.22. The molecular weight excluding hydrogens is 839 g/mol. The van der Waals surface area contributed by atoms with Gasteiger partial charge in [0.1, 0.15) is 0 Å². The smallest absolute Gasteiger partial charge is 0.305 e. The third-order valence-electron chi connectivity index (χ3n) is 13.9. The lowest BCUT2D eigenvalue weighted by atomic mass is 10.0. The lowest BCUT2D eigenvalue weighted by molar-refractivity contribution is -0.143. The van der Waals surface area contributed by atoms with E-state index in [0.717, 1.165) is 70.6 Å². The van der Waals surface area contributed by atoms with Crippen LogP contribution >= 0.6 is 0 Å². The second-order valence-electron chi connectivity index (χ2n) is 20.7. The van der Waals surface area contributed by atoms with Gasteiger partial charge in [-0.05, 0) is 77.0 Å². The van der Waals surface area contributed by atoms with E-state index < -0.39 is 12.1 Å². The largest absolute Gasteiger partial charge is 0.466 e. The summed E-state index contributed by atoms with van der Waals surface area (Å²) in [4.78, 5) is 24.5. The number of rotatable bonds is 56. The second kappa shape index (κ2) is 57.7. The van der Waals surface area contributed by atoms with Crippen LogP contribution in [0.1, 0.15) is 322 Å². The number of amides is 1. The number of carbonyl (C=O) groups is 2. The van der Waals surface area contributed by atoms with Crippen LogP contribution in [0, 0.1) is 0 Å². The fourth-order valence-corrected chi connectivity index (χ4v) is 9.26. The number of hydrogen-bond donors (Lipinski definition) is 3. The van der Waals surface area contributed by atoms with Gasteiger partial charge in [-0.15, -0.1) is 0 Å². The number of aliphatic hydroxyl groups is 2. The van der Waals surface area contributed by atoms with Crippen molar-refractivity contribution in [3.8, 4) is 0 Å². The number of hydrogen-bond acceptors (Lipinski definition) is 5. The Morgan fingerprint density at radius 2 is 0.765 bits per heavy atom. The maximum Gasteiger partial charge on any atom is 0.305 e. The summed E-state index contributed by atoms with van der Waals surface area (Å²) in [6.07, 6.45) is 71.4. The first kappa shape index (κ1) is 66.1. The fraction of sp³-hybridized carbons (Fsp3) is 0.871. The molecule has 0 radical (unpaired) electrons. The number of aliphatic hydroxyl groups excluding tert-OH is 2. The molecule has 0 aliphatic carbocycles. The molecule has 0 spiro atoms. The third kappa shape index (κ3) is 53.4. The number of unbranched alkanes of at least 4 members (excludes halogenated alkanes) is 39. The predicted octanol–water partition coefficient (Wildman–Crippen LogP) is 18.8. The summed E-state index contributed by atoms with van der Waals surface area (Å²) in [5.41, 5.74) is 0. The van der Waals surface area contributed by atoms with E-state index in [2.05, 4.69) is 55.6 Å². The van der Waals surface area contributed by atoms with E-state index >= 15 is 0 Å². The van der Waals surface area contributed by atoms with Crippen LogP contribution in [0.25, 0.3) is 0 Å². The molecule has 0 aromatic heterocycles. The van der Waals surface area contributed by atoms with Crippen molar-refractivity contribution >= 4 is 11.9 Å². The van der Waals surface area contributed by atoms with Gasteiger partial charge in [0.15, 0.2) is 0 Å². The number of allylic oxidation sites excluding steroid dienone is 6. The fourth-order valence-electron chi connectivity index (χ4n) is 9.26. The Kier molecular flexibility index (Phi) is 56.0. The van der Waals surface area contributed by atoms with E-state index in [1.54, 1.807) is 0 Å². The summed E-state index contributed by atoms with van der Waals surface area (Å²) in [7, 11) is 0. The average Bonchev–Trinajstić information content (AvgIpc) is 3.34. The molecule has 2 atom stereocenters. The maximum atomic E-state index is 12.5. The molecule has 0 aliphatic heterocycles. The van der Waals surface area contributed by atoms with Gasteiger partial charge >= 0.3 is 5.97 Å². The molecule has 0 rings (SSSR count). The molecule has 400 valence electrons. The highest BCUT2D eigenvalue weighted by Crippen LogP contribution is 2.17. The summed E-state index contributed by atoms with van der Waals surface area (Å²) < 4.78 is 5.46. The van der Waals surface area contributed by atoms with E-state index in [1.807, 2.05) is 0 Å². The zero-order chi connectivity index (χ0) is 49.3. The summed E-state index contributed by atoms with van der Waals surface area (Å²) in [5.74, 6) is -0.0596. The highest BCUT2D eigenvalue weighted by atomic mass is 16.5. The molecule has 0 saturated carbocycles. The van der Waals surface area contributed by atoms with Crippen molar-refractivity contribution in [3.63, 3.8) is 0 Å². The van der Waals surface area contributed by atoms with Crippen molar-refractivity contribution in [2.24, 2.45) is 0 Å². The van der Waals surface area contributed by atoms with Gasteiger partial charge in [0.05, 0.1) is 25.4 Å². The molecular formula is C62H117NO5. The number of esters is 1. The molecule has 0 saturated heterocycles. The third-order valence-corrected chi connectivity index (χ3v) is 13.9. The van der Waals surface area contributed by atoms with E-state index in [9.17, 15) is 19.8 Å². The Labute approximate surface area is 424 Å². The van der Waals surface area contributed by atoms with Gasteiger partial charge in [-0.25, -0.2) is 0 Å². The molecule has 0 fully saturated rings.